The van der Waals surface area contributed by atoms with Crippen LogP contribution in [-0.2, 0) is 14.3 Å². The number of carbonyl (C=O) groups excluding carboxylic acids is 2. The largest absolute Gasteiger partial charge is 0.383 e. The molecule has 15 heavy (non-hydrogen) atoms. The van der Waals surface area contributed by atoms with Gasteiger partial charge in [0.15, 0.2) is 0 Å². The van der Waals surface area contributed by atoms with Crippen LogP contribution in [0.3, 0.4) is 0 Å². The summed E-state index contributed by atoms with van der Waals surface area (Å²) in [6.45, 7) is 3.62. The van der Waals surface area contributed by atoms with E-state index in [1.807, 2.05) is 6.92 Å². The molecule has 0 aromatic carbocycles. The van der Waals surface area contributed by atoms with E-state index in [1.165, 1.54) is 6.92 Å². The van der Waals surface area contributed by atoms with Crippen LogP contribution in [-0.4, -0.2) is 43.4 Å². The standard InChI is InChI=1S/C9H18N2O3S/c1-6(4-14-3)10-9(13)8(5-15)11-7(2)12/h6,8,15H,4-5H2,1-3H3,(H,10,13)(H,11,12). The number of thiol groups is 1. The average molecular weight is 234 g/mol. The molecule has 0 aliphatic rings. The van der Waals surface area contributed by atoms with Crippen molar-refractivity contribution in [2.45, 2.75) is 25.9 Å². The predicted molar refractivity (Wildman–Crippen MR) is 60.9 cm³/mol. The summed E-state index contributed by atoms with van der Waals surface area (Å²) in [5.74, 6) is -0.223. The van der Waals surface area contributed by atoms with Gasteiger partial charge in [0, 0.05) is 25.8 Å². The van der Waals surface area contributed by atoms with Gasteiger partial charge >= 0.3 is 0 Å². The lowest BCUT2D eigenvalue weighted by Gasteiger charge is -2.18. The average Bonchev–Trinajstić information content (AvgIpc) is 2.13. The summed E-state index contributed by atoms with van der Waals surface area (Å²) < 4.78 is 4.88. The molecule has 2 unspecified atom stereocenters. The molecule has 0 spiro atoms. The van der Waals surface area contributed by atoms with Crippen molar-refractivity contribution in [1.29, 1.82) is 0 Å². The highest BCUT2D eigenvalue weighted by Crippen LogP contribution is 1.91. The minimum atomic E-state index is -0.592. The Kier molecular flexibility index (Phi) is 7.15. The van der Waals surface area contributed by atoms with Crippen LogP contribution in [0.25, 0.3) is 0 Å². The molecular weight excluding hydrogens is 216 g/mol. The maximum atomic E-state index is 11.6. The fourth-order valence-electron chi connectivity index (χ4n) is 1.07. The topological polar surface area (TPSA) is 67.4 Å². The van der Waals surface area contributed by atoms with Crippen LogP contribution in [0.1, 0.15) is 13.8 Å². The van der Waals surface area contributed by atoms with Gasteiger partial charge < -0.3 is 15.4 Å². The Morgan fingerprint density at radius 3 is 2.40 bits per heavy atom. The minimum absolute atomic E-state index is 0.0846. The Bertz CT molecular complexity index is 223. The van der Waals surface area contributed by atoms with Gasteiger partial charge in [-0.25, -0.2) is 0 Å². The van der Waals surface area contributed by atoms with E-state index in [0.29, 0.717) is 6.61 Å². The van der Waals surface area contributed by atoms with Crippen molar-refractivity contribution < 1.29 is 14.3 Å². The van der Waals surface area contributed by atoms with Crippen molar-refractivity contribution in [3.63, 3.8) is 0 Å². The number of hydrogen-bond donors (Lipinski definition) is 3. The Hall–Kier alpha value is -0.750. The minimum Gasteiger partial charge on any atom is -0.383 e. The maximum absolute atomic E-state index is 11.6. The van der Waals surface area contributed by atoms with Gasteiger partial charge in [-0.1, -0.05) is 0 Å². The highest BCUT2D eigenvalue weighted by molar-refractivity contribution is 7.80. The van der Waals surface area contributed by atoms with E-state index in [2.05, 4.69) is 23.3 Å². The highest BCUT2D eigenvalue weighted by atomic mass is 32.1. The zero-order chi connectivity index (χ0) is 11.8. The van der Waals surface area contributed by atoms with E-state index >= 15 is 0 Å². The van der Waals surface area contributed by atoms with Gasteiger partial charge in [0.25, 0.3) is 0 Å². The summed E-state index contributed by atoms with van der Waals surface area (Å²) in [7, 11) is 1.56. The van der Waals surface area contributed by atoms with Crippen molar-refractivity contribution in [3.05, 3.63) is 0 Å². The SMILES string of the molecule is COCC(C)NC(=O)C(CS)NC(C)=O. The fraction of sp³-hybridized carbons (Fsp3) is 0.778. The van der Waals surface area contributed by atoms with Crippen LogP contribution in [0.5, 0.6) is 0 Å². The second-order valence-corrected chi connectivity index (χ2v) is 3.67. The van der Waals surface area contributed by atoms with E-state index in [9.17, 15) is 9.59 Å². The lowest BCUT2D eigenvalue weighted by Crippen LogP contribution is -2.50. The first-order valence-corrected chi connectivity index (χ1v) is 5.31. The van der Waals surface area contributed by atoms with Crippen LogP contribution in [0.15, 0.2) is 0 Å². The third-order valence-electron chi connectivity index (χ3n) is 1.68. The van der Waals surface area contributed by atoms with Gasteiger partial charge in [-0.15, -0.1) is 0 Å². The van der Waals surface area contributed by atoms with Gasteiger partial charge in [-0.2, -0.15) is 12.6 Å². The molecule has 0 aliphatic carbocycles. The maximum Gasteiger partial charge on any atom is 0.243 e. The highest BCUT2D eigenvalue weighted by Gasteiger charge is 2.18. The van der Waals surface area contributed by atoms with Crippen molar-refractivity contribution in [1.82, 2.24) is 10.6 Å². The number of carbonyl (C=O) groups is 2. The zero-order valence-corrected chi connectivity index (χ0v) is 10.1. The lowest BCUT2D eigenvalue weighted by atomic mass is 10.2. The first kappa shape index (κ1) is 14.2. The molecule has 2 amide bonds. The summed E-state index contributed by atoms with van der Waals surface area (Å²) in [6.07, 6.45) is 0. The number of methoxy groups -OCH3 is 1. The molecule has 0 heterocycles. The van der Waals surface area contributed by atoms with Crippen molar-refractivity contribution >= 4 is 24.4 Å². The number of rotatable bonds is 6. The molecule has 0 fully saturated rings. The lowest BCUT2D eigenvalue weighted by molar-refractivity contribution is -0.128. The molecule has 2 N–H and O–H groups in total. The van der Waals surface area contributed by atoms with Gasteiger partial charge in [-0.05, 0) is 6.92 Å². The van der Waals surface area contributed by atoms with E-state index < -0.39 is 6.04 Å². The van der Waals surface area contributed by atoms with E-state index in [4.69, 9.17) is 4.74 Å². The van der Waals surface area contributed by atoms with Gasteiger partial charge in [0.05, 0.1) is 6.61 Å². The summed E-state index contributed by atoms with van der Waals surface area (Å²) in [5, 5.41) is 5.22. The summed E-state index contributed by atoms with van der Waals surface area (Å²) in [6, 6.07) is -0.677. The molecule has 0 bridgehead atoms. The van der Waals surface area contributed by atoms with Crippen LogP contribution >= 0.6 is 12.6 Å². The predicted octanol–water partition coefficient (Wildman–Crippen LogP) is -0.428. The number of hydrogen-bond acceptors (Lipinski definition) is 4. The third kappa shape index (κ3) is 6.35. The molecule has 88 valence electrons. The fourth-order valence-corrected chi connectivity index (χ4v) is 1.33. The van der Waals surface area contributed by atoms with Crippen molar-refractivity contribution in [2.24, 2.45) is 0 Å². The molecule has 0 rings (SSSR count). The van der Waals surface area contributed by atoms with Gasteiger partial charge in [0.2, 0.25) is 11.8 Å². The number of ether oxygens (including phenoxy) is 1. The van der Waals surface area contributed by atoms with Crippen LogP contribution in [0.2, 0.25) is 0 Å². The number of amides is 2. The van der Waals surface area contributed by atoms with E-state index in [-0.39, 0.29) is 23.6 Å². The zero-order valence-electron chi connectivity index (χ0n) is 9.24. The smallest absolute Gasteiger partial charge is 0.243 e. The van der Waals surface area contributed by atoms with Crippen LogP contribution in [0.4, 0.5) is 0 Å². The van der Waals surface area contributed by atoms with E-state index in [0.717, 1.165) is 0 Å². The third-order valence-corrected chi connectivity index (χ3v) is 2.05. The second kappa shape index (κ2) is 7.53. The Morgan fingerprint density at radius 2 is 2.00 bits per heavy atom. The quantitative estimate of drug-likeness (QED) is 0.546. The molecule has 0 radical (unpaired) electrons. The Balaban J connectivity index is 4.09. The van der Waals surface area contributed by atoms with Crippen LogP contribution < -0.4 is 10.6 Å². The molecule has 5 nitrogen and oxygen atoms in total. The van der Waals surface area contributed by atoms with Crippen molar-refractivity contribution in [2.75, 3.05) is 19.5 Å². The van der Waals surface area contributed by atoms with Crippen molar-refractivity contribution in [3.8, 4) is 0 Å². The molecule has 0 aliphatic heterocycles. The molecular formula is C9H18N2O3S. The molecule has 6 heteroatoms. The van der Waals surface area contributed by atoms with Crippen LogP contribution in [0, 0.1) is 0 Å². The monoisotopic (exact) mass is 234 g/mol. The normalized spacial score (nSPS) is 14.1. The molecule has 0 aromatic rings. The molecule has 0 aromatic heterocycles. The van der Waals surface area contributed by atoms with Gasteiger partial charge in [0.1, 0.15) is 6.04 Å². The van der Waals surface area contributed by atoms with Gasteiger partial charge in [-0.3, -0.25) is 9.59 Å². The van der Waals surface area contributed by atoms with E-state index in [1.54, 1.807) is 7.11 Å². The molecule has 0 saturated carbocycles. The first-order valence-electron chi connectivity index (χ1n) is 4.68. The first-order chi connectivity index (χ1) is 7.01. The molecule has 2 atom stereocenters. The molecule has 0 saturated heterocycles. The Labute approximate surface area is 95.4 Å². The summed E-state index contributed by atoms with van der Waals surface area (Å²) in [5.41, 5.74) is 0. The summed E-state index contributed by atoms with van der Waals surface area (Å²) >= 11 is 4.00. The summed E-state index contributed by atoms with van der Waals surface area (Å²) in [4.78, 5) is 22.3. The second-order valence-electron chi connectivity index (χ2n) is 3.30. The number of nitrogens with one attached hydrogen (secondary N) is 2. The Morgan fingerprint density at radius 1 is 1.40 bits per heavy atom.